The van der Waals surface area contributed by atoms with Crippen LogP contribution in [-0.4, -0.2) is 79.4 Å². The number of aliphatic carboxylic acids is 2. The summed E-state index contributed by atoms with van der Waals surface area (Å²) in [5, 5.41) is 27.3. The number of fused-ring (bicyclic) bond motifs is 2. The molecule has 6 aliphatic carbocycles. The molecule has 0 amide bonds. The summed E-state index contributed by atoms with van der Waals surface area (Å²) in [6.07, 6.45) is 13.1. The van der Waals surface area contributed by atoms with Crippen molar-refractivity contribution in [2.24, 2.45) is 0 Å². The third-order valence-electron chi connectivity index (χ3n) is 13.7. The van der Waals surface area contributed by atoms with Crippen LogP contribution in [0.4, 0.5) is 0 Å². The van der Waals surface area contributed by atoms with Gasteiger partial charge < -0.3 is 28.7 Å². The Balaban J connectivity index is 0.000000158. The van der Waals surface area contributed by atoms with Crippen LogP contribution in [0, 0.1) is 0 Å². The molecule has 0 radical (unpaired) electrons. The molecule has 2 atom stereocenters. The molecule has 0 bridgehead atoms. The Morgan fingerprint density at radius 3 is 1.37 bits per heavy atom. The summed E-state index contributed by atoms with van der Waals surface area (Å²) in [7, 11) is 3.48. The maximum Gasteiger partial charge on any atom is 0.331 e. The Bertz CT molecular complexity index is 2360. The van der Waals surface area contributed by atoms with Crippen LogP contribution in [0.2, 0.25) is 0 Å². The fourth-order valence-corrected chi connectivity index (χ4v) is 12.5. The van der Waals surface area contributed by atoms with Crippen molar-refractivity contribution >= 4 is 46.2 Å². The smallest absolute Gasteiger partial charge is 0.331 e. The zero-order valence-corrected chi connectivity index (χ0v) is 37.3. The molecule has 0 aromatic carbocycles. The maximum atomic E-state index is 13.1. The van der Waals surface area contributed by atoms with Crippen molar-refractivity contribution in [2.45, 2.75) is 152 Å². The number of thiophene rings is 2. The van der Waals surface area contributed by atoms with Gasteiger partial charge in [-0.1, -0.05) is 10.3 Å². The topological polar surface area (TPSA) is 205 Å². The normalized spacial score (nSPS) is 23.3. The lowest BCUT2D eigenvalue weighted by Crippen LogP contribution is -2.33. The molecule has 4 aromatic rings. The Morgan fingerprint density at radius 1 is 0.629 bits per heavy atom. The number of hydrogen-bond acceptors (Lipinski definition) is 14. The monoisotopic (exact) mass is 884 g/mol. The second-order valence-electron chi connectivity index (χ2n) is 18.2. The highest BCUT2D eigenvalue weighted by atomic mass is 32.1. The van der Waals surface area contributed by atoms with Crippen molar-refractivity contribution in [3.8, 4) is 22.9 Å². The first kappa shape index (κ1) is 42.7. The maximum absolute atomic E-state index is 13.1. The predicted molar refractivity (Wildman–Crippen MR) is 228 cm³/mol. The molecular weight excluding hydrogens is 833 g/mol. The van der Waals surface area contributed by atoms with Crippen molar-refractivity contribution in [3.05, 3.63) is 64.6 Å². The summed E-state index contributed by atoms with van der Waals surface area (Å²) in [5.74, 6) is 1.07. The number of Topliss-reactive ketones (excluding diaryl/α,β-unsaturated/α-hetero) is 2. The summed E-state index contributed by atoms with van der Waals surface area (Å²) < 4.78 is 22.8. The molecule has 2 saturated carbocycles. The number of rotatable bonds is 14. The van der Waals surface area contributed by atoms with Crippen molar-refractivity contribution in [2.75, 3.05) is 14.2 Å². The molecule has 328 valence electrons. The predicted octanol–water partition coefficient (Wildman–Crippen LogP) is 8.49. The lowest BCUT2D eigenvalue weighted by Gasteiger charge is -2.32. The first-order chi connectivity index (χ1) is 29.8. The molecule has 0 saturated heterocycles. The molecule has 6 aliphatic rings. The number of carboxylic acid groups (broad SMARTS) is 2. The van der Waals surface area contributed by atoms with Crippen LogP contribution in [0.1, 0.15) is 145 Å². The fourth-order valence-electron chi connectivity index (χ4n) is 9.45. The van der Waals surface area contributed by atoms with E-state index in [0.29, 0.717) is 60.4 Å². The molecule has 2 fully saturated rings. The first-order valence-electron chi connectivity index (χ1n) is 21.8. The highest BCUT2D eigenvalue weighted by Gasteiger charge is 2.39. The summed E-state index contributed by atoms with van der Waals surface area (Å²) in [5.41, 5.74) is 5.15. The van der Waals surface area contributed by atoms with Gasteiger partial charge in [0, 0.05) is 93.5 Å². The van der Waals surface area contributed by atoms with E-state index in [2.05, 4.69) is 34.1 Å². The molecule has 0 spiro atoms. The number of ketones is 2. The first-order valence-corrected chi connectivity index (χ1v) is 23.4. The van der Waals surface area contributed by atoms with Crippen LogP contribution in [0.15, 0.2) is 31.3 Å². The van der Waals surface area contributed by atoms with Crippen molar-refractivity contribution in [1.82, 2.24) is 20.3 Å². The Kier molecular flexibility index (Phi) is 11.6. The number of carbonyl (C=O) groups is 4. The van der Waals surface area contributed by atoms with E-state index in [1.54, 1.807) is 36.9 Å². The lowest BCUT2D eigenvalue weighted by atomic mass is 9.84. The van der Waals surface area contributed by atoms with Gasteiger partial charge in [0.2, 0.25) is 0 Å². The van der Waals surface area contributed by atoms with Crippen molar-refractivity contribution in [1.29, 1.82) is 0 Å². The minimum atomic E-state index is -0.978. The second kappa shape index (κ2) is 16.8. The molecule has 0 unspecified atom stereocenters. The van der Waals surface area contributed by atoms with Gasteiger partial charge in [-0.2, -0.15) is 9.97 Å². The highest BCUT2D eigenvalue weighted by molar-refractivity contribution is 7.13. The van der Waals surface area contributed by atoms with E-state index < -0.39 is 11.9 Å². The molecule has 62 heavy (non-hydrogen) atoms. The van der Waals surface area contributed by atoms with E-state index in [0.717, 1.165) is 110 Å². The van der Waals surface area contributed by atoms with Gasteiger partial charge in [-0.3, -0.25) is 9.59 Å². The van der Waals surface area contributed by atoms with E-state index in [1.807, 2.05) is 0 Å². The van der Waals surface area contributed by atoms with Crippen molar-refractivity contribution in [3.63, 3.8) is 0 Å². The number of aromatic nitrogens is 4. The van der Waals surface area contributed by atoms with Crippen LogP contribution in [0.25, 0.3) is 22.9 Å². The number of nitrogens with zero attached hydrogens (tertiary/aromatic N) is 4. The molecule has 4 heterocycles. The Labute approximate surface area is 367 Å². The number of carboxylic acids is 2. The van der Waals surface area contributed by atoms with Crippen LogP contribution in [0.5, 0.6) is 0 Å². The molecule has 10 rings (SSSR count). The summed E-state index contributed by atoms with van der Waals surface area (Å²) in [6.45, 7) is 4.22. The van der Waals surface area contributed by atoms with Gasteiger partial charge in [0.15, 0.2) is 23.2 Å². The molecular formula is C46H52N4O10S2. The Morgan fingerprint density at radius 2 is 1.02 bits per heavy atom. The highest BCUT2D eigenvalue weighted by Crippen LogP contribution is 2.48. The number of ether oxygens (including phenoxy) is 2. The summed E-state index contributed by atoms with van der Waals surface area (Å²) in [6, 6.07) is 0. The van der Waals surface area contributed by atoms with E-state index in [4.69, 9.17) is 18.5 Å². The molecule has 14 nitrogen and oxygen atoms in total. The van der Waals surface area contributed by atoms with Gasteiger partial charge in [0.1, 0.15) is 0 Å². The average molecular weight is 885 g/mol. The largest absolute Gasteiger partial charge is 0.478 e. The standard InChI is InChI=1S/2C23H26N2O5S/c2*1-23(29-2)9-8-15-18(11-23)31-17(10-16(26)13-4-3-5-14(13)22(27)28)19(15)21-24-20(25-30-21)12-6-7-12/h2*12H,3-11H2,1-2H3,(H,27,28)/t2*23-/m10/s1. The summed E-state index contributed by atoms with van der Waals surface area (Å²) >= 11 is 3.21. The van der Waals surface area contributed by atoms with Crippen molar-refractivity contribution < 1.29 is 47.9 Å². The minimum absolute atomic E-state index is 0.105. The van der Waals surface area contributed by atoms with Crippen LogP contribution >= 0.6 is 22.7 Å². The second-order valence-corrected chi connectivity index (χ2v) is 20.5. The quantitative estimate of drug-likeness (QED) is 0.122. The lowest BCUT2D eigenvalue weighted by molar-refractivity contribution is -0.133. The zero-order valence-electron chi connectivity index (χ0n) is 35.6. The molecule has 0 aliphatic heterocycles. The zero-order chi connectivity index (χ0) is 43.5. The van der Waals surface area contributed by atoms with E-state index in [-0.39, 0.29) is 46.8 Å². The third-order valence-corrected chi connectivity index (χ3v) is 16.1. The Hall–Kier alpha value is -4.64. The number of carbonyl (C=O) groups excluding carboxylic acids is 2. The van der Waals surface area contributed by atoms with E-state index >= 15 is 0 Å². The van der Waals surface area contributed by atoms with Gasteiger partial charge in [0.25, 0.3) is 11.8 Å². The summed E-state index contributed by atoms with van der Waals surface area (Å²) in [4.78, 5) is 62.8. The number of methoxy groups -OCH3 is 2. The van der Waals surface area contributed by atoms with Crippen LogP contribution < -0.4 is 0 Å². The average Bonchev–Trinajstić information content (AvgIpc) is 3.79. The molecule has 4 aromatic heterocycles. The van der Waals surface area contributed by atoms with Gasteiger partial charge in [0.05, 0.1) is 22.3 Å². The number of hydrogen-bond donors (Lipinski definition) is 2. The van der Waals surface area contributed by atoms with E-state index in [1.165, 1.54) is 20.9 Å². The molecule has 16 heteroatoms. The molecule has 2 N–H and O–H groups in total. The van der Waals surface area contributed by atoms with E-state index in [9.17, 15) is 29.4 Å². The van der Waals surface area contributed by atoms with Crippen LogP contribution in [0.3, 0.4) is 0 Å². The third kappa shape index (κ3) is 8.42. The fraction of sp³-hybridized carbons (Fsp3) is 0.565. The number of allylic oxidation sites excluding steroid dienone is 2. The van der Waals surface area contributed by atoms with Gasteiger partial charge in [-0.15, -0.1) is 22.7 Å². The minimum Gasteiger partial charge on any atom is -0.478 e. The van der Waals surface area contributed by atoms with Gasteiger partial charge >= 0.3 is 11.9 Å². The SMILES string of the molecule is CO[C@@]1(C)CCc2c(sc(CC(=O)C3=C(C(=O)O)CCC3)c2-c2nc(C3CC3)no2)C1.CO[C@]1(C)CCc2c(sc(CC(=O)C3=C(C(=O)O)CCC3)c2-c2nc(C3CC3)no2)C1. The van der Waals surface area contributed by atoms with Crippen LogP contribution in [-0.2, 0) is 67.2 Å². The van der Waals surface area contributed by atoms with Gasteiger partial charge in [-0.05, 0) is 115 Å². The van der Waals surface area contributed by atoms with Gasteiger partial charge in [-0.25, -0.2) is 9.59 Å².